The summed E-state index contributed by atoms with van der Waals surface area (Å²) in [4.78, 5) is 34.8. The first kappa shape index (κ1) is 53.9. The average molecular weight is 816 g/mol. The van der Waals surface area contributed by atoms with Crippen LogP contribution in [0.2, 0.25) is 0 Å². The first-order valence-corrected chi connectivity index (χ1v) is 23.2. The number of nitrogens with two attached hydrogens (primary N) is 1. The summed E-state index contributed by atoms with van der Waals surface area (Å²) in [5, 5.41) is 0. The average Bonchev–Trinajstić information content (AvgIpc) is 3.20. The summed E-state index contributed by atoms with van der Waals surface area (Å²) >= 11 is 0. The smallest absolute Gasteiger partial charge is 0.462 e. The lowest BCUT2D eigenvalue weighted by Gasteiger charge is -2.19. The monoisotopic (exact) mass is 816 g/mol. The van der Waals surface area contributed by atoms with Crippen LogP contribution in [0.15, 0.2) is 97.2 Å². The van der Waals surface area contributed by atoms with Crippen molar-refractivity contribution in [3.05, 3.63) is 97.2 Å². The number of carbonyl (C=O) groups excluding carboxylic acids is 2. The molecule has 0 fully saturated rings. The predicted molar refractivity (Wildman–Crippen MR) is 238 cm³/mol. The van der Waals surface area contributed by atoms with Crippen molar-refractivity contribution >= 4 is 19.8 Å². The molecule has 0 heterocycles. The van der Waals surface area contributed by atoms with Crippen LogP contribution < -0.4 is 5.73 Å². The maximum atomic E-state index is 12.6. The molecule has 324 valence electrons. The third-order valence-corrected chi connectivity index (χ3v) is 9.44. The van der Waals surface area contributed by atoms with Gasteiger partial charge in [-0.25, -0.2) is 4.57 Å². The molecule has 0 saturated heterocycles. The fraction of sp³-hybridized carbons (Fsp3) is 0.617. The Kier molecular flexibility index (Phi) is 40.2. The number of allylic oxidation sites excluding steroid dienone is 16. The predicted octanol–water partition coefficient (Wildman–Crippen LogP) is 12.6. The Morgan fingerprint density at radius 2 is 0.947 bits per heavy atom. The zero-order valence-corrected chi connectivity index (χ0v) is 36.4. The van der Waals surface area contributed by atoms with Gasteiger partial charge in [0.05, 0.1) is 13.2 Å². The lowest BCUT2D eigenvalue weighted by molar-refractivity contribution is -0.161. The van der Waals surface area contributed by atoms with Crippen LogP contribution >= 0.6 is 7.82 Å². The van der Waals surface area contributed by atoms with Crippen molar-refractivity contribution in [1.82, 2.24) is 0 Å². The van der Waals surface area contributed by atoms with Gasteiger partial charge in [-0.1, -0.05) is 150 Å². The van der Waals surface area contributed by atoms with Crippen LogP contribution in [-0.4, -0.2) is 49.3 Å². The van der Waals surface area contributed by atoms with Crippen molar-refractivity contribution < 1.29 is 37.6 Å². The fourth-order valence-corrected chi connectivity index (χ4v) is 5.98. The van der Waals surface area contributed by atoms with Gasteiger partial charge < -0.3 is 20.1 Å². The van der Waals surface area contributed by atoms with E-state index in [0.717, 1.165) is 64.2 Å². The third kappa shape index (κ3) is 42.4. The van der Waals surface area contributed by atoms with E-state index in [1.54, 1.807) is 0 Å². The molecule has 0 aromatic rings. The highest BCUT2D eigenvalue weighted by Gasteiger charge is 2.25. The zero-order valence-electron chi connectivity index (χ0n) is 35.5. The van der Waals surface area contributed by atoms with Crippen molar-refractivity contribution in [3.63, 3.8) is 0 Å². The quantitative estimate of drug-likeness (QED) is 0.0269. The SMILES string of the molecule is CCCCCC=CCC=CCC=CCC=CCC=CCCC(=O)O[C@H](COC(=O)CCCCCCC=CCC=CCC=CCCCCC)COP(=O)(O)OCCN. The molecule has 0 aliphatic rings. The van der Waals surface area contributed by atoms with E-state index in [0.29, 0.717) is 12.8 Å². The Bertz CT molecular complexity index is 1250. The molecule has 0 saturated carbocycles. The van der Waals surface area contributed by atoms with Gasteiger partial charge in [-0.2, -0.15) is 0 Å². The summed E-state index contributed by atoms with van der Waals surface area (Å²) in [7, 11) is -4.41. The molecule has 0 aliphatic carbocycles. The van der Waals surface area contributed by atoms with Gasteiger partial charge in [0.1, 0.15) is 6.61 Å². The first-order valence-electron chi connectivity index (χ1n) is 21.7. The van der Waals surface area contributed by atoms with Crippen molar-refractivity contribution in [3.8, 4) is 0 Å². The molecule has 9 nitrogen and oxygen atoms in total. The van der Waals surface area contributed by atoms with E-state index < -0.39 is 32.5 Å². The molecule has 0 amide bonds. The van der Waals surface area contributed by atoms with Crippen molar-refractivity contribution in [2.75, 3.05) is 26.4 Å². The van der Waals surface area contributed by atoms with Crippen LogP contribution in [0.4, 0.5) is 0 Å². The van der Waals surface area contributed by atoms with E-state index in [9.17, 15) is 19.0 Å². The molecule has 0 aromatic heterocycles. The Labute approximate surface area is 346 Å². The van der Waals surface area contributed by atoms with Gasteiger partial charge in [-0.05, 0) is 89.9 Å². The summed E-state index contributed by atoms with van der Waals surface area (Å²) in [6.07, 6.45) is 54.5. The molecule has 3 N–H and O–H groups in total. The number of phosphoric acid groups is 1. The van der Waals surface area contributed by atoms with Gasteiger partial charge >= 0.3 is 19.8 Å². The first-order chi connectivity index (χ1) is 27.8. The van der Waals surface area contributed by atoms with Gasteiger partial charge in [0, 0.05) is 19.4 Å². The molecule has 1 unspecified atom stereocenters. The minimum absolute atomic E-state index is 0.0335. The van der Waals surface area contributed by atoms with E-state index in [2.05, 4.69) is 98.9 Å². The van der Waals surface area contributed by atoms with Crippen LogP contribution in [0, 0.1) is 0 Å². The van der Waals surface area contributed by atoms with Crippen molar-refractivity contribution in [1.29, 1.82) is 0 Å². The standard InChI is InChI=1S/C47H78NO8P/c1-3-5-7-9-11-13-15-17-19-21-22-24-26-28-30-32-34-36-38-40-47(50)56-45(44-55-57(51,52)54-42-41-48)43-53-46(49)39-37-35-33-31-29-27-25-23-20-18-16-14-12-10-8-6-4-2/h11-14,17-20,22,24-25,27-28,30,34,36,45H,3-10,15-16,21,23,26,29,31-33,35,37-44,48H2,1-2H3,(H,51,52)/t45-/m1/s1. The third-order valence-electron chi connectivity index (χ3n) is 8.46. The minimum atomic E-state index is -4.41. The van der Waals surface area contributed by atoms with Crippen LogP contribution in [0.25, 0.3) is 0 Å². The van der Waals surface area contributed by atoms with Crippen LogP contribution in [0.1, 0.15) is 155 Å². The molecule has 2 atom stereocenters. The summed E-state index contributed by atoms with van der Waals surface area (Å²) in [5.41, 5.74) is 5.34. The van der Waals surface area contributed by atoms with Crippen LogP contribution in [-0.2, 0) is 32.7 Å². The molecule has 0 radical (unpaired) electrons. The number of esters is 2. The van der Waals surface area contributed by atoms with Gasteiger partial charge in [0.15, 0.2) is 6.10 Å². The number of hydrogen-bond acceptors (Lipinski definition) is 8. The van der Waals surface area contributed by atoms with Crippen molar-refractivity contribution in [2.45, 2.75) is 161 Å². The summed E-state index contributed by atoms with van der Waals surface area (Å²) in [5.74, 6) is -0.960. The van der Waals surface area contributed by atoms with E-state index in [-0.39, 0.29) is 32.6 Å². The van der Waals surface area contributed by atoms with Gasteiger partial charge in [0.25, 0.3) is 0 Å². The molecular weight excluding hydrogens is 737 g/mol. The van der Waals surface area contributed by atoms with Crippen molar-refractivity contribution in [2.24, 2.45) is 5.73 Å². The second kappa shape index (κ2) is 42.5. The molecular formula is C47H78NO8P. The molecule has 0 bridgehead atoms. The maximum Gasteiger partial charge on any atom is 0.472 e. The highest BCUT2D eigenvalue weighted by Crippen LogP contribution is 2.43. The number of rotatable bonds is 39. The Hall–Kier alpha value is -3.07. The normalized spacial score (nSPS) is 14.2. The lowest BCUT2D eigenvalue weighted by Crippen LogP contribution is -2.29. The maximum absolute atomic E-state index is 12.6. The largest absolute Gasteiger partial charge is 0.472 e. The second-order valence-corrected chi connectivity index (χ2v) is 15.3. The fourth-order valence-electron chi connectivity index (χ4n) is 5.21. The second-order valence-electron chi connectivity index (χ2n) is 13.8. The van der Waals surface area contributed by atoms with Gasteiger partial charge in [0.2, 0.25) is 0 Å². The Morgan fingerprint density at radius 1 is 0.526 bits per heavy atom. The Balaban J connectivity index is 4.35. The molecule has 0 aromatic carbocycles. The molecule has 57 heavy (non-hydrogen) atoms. The summed E-state index contributed by atoms with van der Waals surface area (Å²) in [6, 6.07) is 0. The number of unbranched alkanes of at least 4 members (excludes halogenated alkanes) is 10. The van der Waals surface area contributed by atoms with Crippen LogP contribution in [0.3, 0.4) is 0 Å². The van der Waals surface area contributed by atoms with E-state index in [1.807, 2.05) is 12.2 Å². The van der Waals surface area contributed by atoms with Gasteiger partial charge in [-0.15, -0.1) is 0 Å². The van der Waals surface area contributed by atoms with E-state index >= 15 is 0 Å². The molecule has 0 rings (SSSR count). The summed E-state index contributed by atoms with van der Waals surface area (Å²) < 4.78 is 32.7. The minimum Gasteiger partial charge on any atom is -0.462 e. The Morgan fingerprint density at radius 3 is 1.40 bits per heavy atom. The summed E-state index contributed by atoms with van der Waals surface area (Å²) in [6.45, 7) is 3.54. The number of phosphoric ester groups is 1. The molecule has 10 heteroatoms. The molecule has 0 spiro atoms. The lowest BCUT2D eigenvalue weighted by atomic mass is 10.1. The number of hydrogen-bond donors (Lipinski definition) is 2. The van der Waals surface area contributed by atoms with Crippen LogP contribution in [0.5, 0.6) is 0 Å². The molecule has 0 aliphatic heterocycles. The number of ether oxygens (including phenoxy) is 2. The van der Waals surface area contributed by atoms with Gasteiger partial charge in [-0.3, -0.25) is 18.6 Å². The highest BCUT2D eigenvalue weighted by atomic mass is 31.2. The van der Waals surface area contributed by atoms with E-state index in [4.69, 9.17) is 24.3 Å². The number of carbonyl (C=O) groups is 2. The highest BCUT2D eigenvalue weighted by molar-refractivity contribution is 7.47. The zero-order chi connectivity index (χ0) is 41.8. The topological polar surface area (TPSA) is 134 Å². The van der Waals surface area contributed by atoms with E-state index in [1.165, 1.54) is 51.4 Å².